The van der Waals surface area contributed by atoms with Gasteiger partial charge in [-0.2, -0.15) is 0 Å². The SMILES string of the molecule is CC(=O)CC(N)C(CC(C)O)(NC(=O)OC(C)(C)C)c1ccccc1. The molecule has 140 valence electrons. The molecule has 3 atom stereocenters. The second kappa shape index (κ2) is 8.45. The van der Waals surface area contributed by atoms with Crippen LogP contribution in [0.5, 0.6) is 0 Å². The van der Waals surface area contributed by atoms with Gasteiger partial charge in [0.1, 0.15) is 11.4 Å². The molecule has 0 aliphatic carbocycles. The highest BCUT2D eigenvalue weighted by atomic mass is 16.6. The number of alkyl carbamates (subject to hydrolysis) is 1. The van der Waals surface area contributed by atoms with E-state index in [2.05, 4.69) is 5.32 Å². The second-order valence-corrected chi connectivity index (χ2v) is 7.53. The zero-order chi connectivity index (χ0) is 19.3. The van der Waals surface area contributed by atoms with Gasteiger partial charge in [-0.25, -0.2) is 4.79 Å². The molecule has 0 spiro atoms. The van der Waals surface area contributed by atoms with Crippen molar-refractivity contribution in [3.8, 4) is 0 Å². The number of hydrogen-bond acceptors (Lipinski definition) is 5. The Kier molecular flexibility index (Phi) is 7.14. The third-order valence-corrected chi connectivity index (χ3v) is 3.77. The summed E-state index contributed by atoms with van der Waals surface area (Å²) in [4.78, 5) is 24.1. The number of carbonyl (C=O) groups is 2. The van der Waals surface area contributed by atoms with Crippen molar-refractivity contribution in [1.29, 1.82) is 0 Å². The Bertz CT molecular complexity index is 581. The van der Waals surface area contributed by atoms with Gasteiger partial charge < -0.3 is 20.9 Å². The van der Waals surface area contributed by atoms with Crippen LogP contribution in [-0.4, -0.2) is 34.7 Å². The minimum absolute atomic E-state index is 0.0669. The summed E-state index contributed by atoms with van der Waals surface area (Å²) in [6.45, 7) is 8.36. The highest BCUT2D eigenvalue weighted by Gasteiger charge is 2.42. The van der Waals surface area contributed by atoms with Crippen LogP contribution in [-0.2, 0) is 15.1 Å². The standard InChI is InChI=1S/C19H30N2O4/c1-13(22)11-16(20)19(12-14(2)23,15-9-7-6-8-10-15)21-17(24)25-18(3,4)5/h6-10,14,16,23H,11-12,20H2,1-5H3,(H,21,24). The molecule has 0 saturated carbocycles. The molecule has 0 bridgehead atoms. The van der Waals surface area contributed by atoms with Crippen molar-refractivity contribution < 1.29 is 19.4 Å². The maximum absolute atomic E-state index is 12.5. The van der Waals surface area contributed by atoms with Crippen LogP contribution < -0.4 is 11.1 Å². The minimum atomic E-state index is -1.12. The van der Waals surface area contributed by atoms with Gasteiger partial charge in [-0.05, 0) is 40.2 Å². The van der Waals surface area contributed by atoms with Crippen molar-refractivity contribution in [2.45, 2.75) is 70.7 Å². The van der Waals surface area contributed by atoms with Crippen molar-refractivity contribution >= 4 is 11.9 Å². The number of ether oxygens (including phenoxy) is 1. The first-order valence-corrected chi connectivity index (χ1v) is 8.46. The number of aliphatic hydroxyl groups is 1. The fourth-order valence-electron chi connectivity index (χ4n) is 2.87. The maximum Gasteiger partial charge on any atom is 0.408 e. The predicted molar refractivity (Wildman–Crippen MR) is 97.1 cm³/mol. The van der Waals surface area contributed by atoms with Gasteiger partial charge in [0.25, 0.3) is 0 Å². The first-order valence-electron chi connectivity index (χ1n) is 8.46. The van der Waals surface area contributed by atoms with Crippen molar-refractivity contribution in [3.63, 3.8) is 0 Å². The molecule has 25 heavy (non-hydrogen) atoms. The molecule has 3 unspecified atom stereocenters. The van der Waals surface area contributed by atoms with Crippen LogP contribution in [0.4, 0.5) is 4.79 Å². The first kappa shape index (κ1) is 21.1. The van der Waals surface area contributed by atoms with Crippen molar-refractivity contribution in [2.24, 2.45) is 5.73 Å². The van der Waals surface area contributed by atoms with Gasteiger partial charge >= 0.3 is 6.09 Å². The molecular formula is C19H30N2O4. The van der Waals surface area contributed by atoms with Gasteiger partial charge in [0.2, 0.25) is 0 Å². The van der Waals surface area contributed by atoms with Crippen LogP contribution in [0.15, 0.2) is 30.3 Å². The minimum Gasteiger partial charge on any atom is -0.444 e. The number of rotatable bonds is 7. The van der Waals surface area contributed by atoms with Gasteiger partial charge in [0, 0.05) is 18.9 Å². The number of amides is 1. The van der Waals surface area contributed by atoms with E-state index in [-0.39, 0.29) is 18.6 Å². The highest BCUT2D eigenvalue weighted by Crippen LogP contribution is 2.32. The fourth-order valence-corrected chi connectivity index (χ4v) is 2.87. The van der Waals surface area contributed by atoms with Crippen LogP contribution in [0.3, 0.4) is 0 Å². The molecular weight excluding hydrogens is 320 g/mol. The van der Waals surface area contributed by atoms with E-state index < -0.39 is 29.4 Å². The smallest absolute Gasteiger partial charge is 0.408 e. The summed E-state index contributed by atoms with van der Waals surface area (Å²) < 4.78 is 5.38. The Morgan fingerprint density at radius 3 is 2.24 bits per heavy atom. The third-order valence-electron chi connectivity index (χ3n) is 3.77. The Labute approximate surface area is 149 Å². The van der Waals surface area contributed by atoms with E-state index >= 15 is 0 Å². The molecule has 0 aliphatic rings. The molecule has 6 nitrogen and oxygen atoms in total. The molecule has 0 fully saturated rings. The van der Waals surface area contributed by atoms with Gasteiger partial charge in [0.15, 0.2) is 0 Å². The van der Waals surface area contributed by atoms with E-state index in [9.17, 15) is 14.7 Å². The number of aliphatic hydroxyl groups excluding tert-OH is 1. The normalized spacial score (nSPS) is 16.4. The van der Waals surface area contributed by atoms with Gasteiger partial charge in [-0.15, -0.1) is 0 Å². The van der Waals surface area contributed by atoms with Crippen LogP contribution in [0.1, 0.15) is 53.0 Å². The molecule has 0 aliphatic heterocycles. The Morgan fingerprint density at radius 2 is 1.80 bits per heavy atom. The lowest BCUT2D eigenvalue weighted by atomic mass is 9.77. The van der Waals surface area contributed by atoms with E-state index in [4.69, 9.17) is 10.5 Å². The molecule has 1 rings (SSSR count). The lowest BCUT2D eigenvalue weighted by molar-refractivity contribution is -0.117. The number of nitrogens with one attached hydrogen (secondary N) is 1. The molecule has 0 aromatic heterocycles. The summed E-state index contributed by atoms with van der Waals surface area (Å²) in [7, 11) is 0. The van der Waals surface area contributed by atoms with Crippen LogP contribution in [0, 0.1) is 0 Å². The molecule has 0 saturated heterocycles. The monoisotopic (exact) mass is 350 g/mol. The summed E-state index contributed by atoms with van der Waals surface area (Å²) >= 11 is 0. The number of hydrogen-bond donors (Lipinski definition) is 3. The van der Waals surface area contributed by atoms with E-state index in [1.165, 1.54) is 6.92 Å². The van der Waals surface area contributed by atoms with Gasteiger partial charge in [0.05, 0.1) is 11.6 Å². The molecule has 4 N–H and O–H groups in total. The predicted octanol–water partition coefficient (Wildman–Crippen LogP) is 2.48. The molecule has 6 heteroatoms. The quantitative estimate of drug-likeness (QED) is 0.701. The summed E-state index contributed by atoms with van der Waals surface area (Å²) in [6.07, 6.45) is -1.16. The molecule has 0 radical (unpaired) electrons. The summed E-state index contributed by atoms with van der Waals surface area (Å²) in [6, 6.07) is 8.42. The van der Waals surface area contributed by atoms with Crippen molar-refractivity contribution in [2.75, 3.05) is 0 Å². The Balaban J connectivity index is 3.33. The zero-order valence-corrected chi connectivity index (χ0v) is 15.7. The average Bonchev–Trinajstić information content (AvgIpc) is 2.44. The lowest BCUT2D eigenvalue weighted by Gasteiger charge is -2.41. The summed E-state index contributed by atoms with van der Waals surface area (Å²) in [5.41, 5.74) is 5.26. The maximum atomic E-state index is 12.5. The van der Waals surface area contributed by atoms with E-state index in [0.717, 1.165) is 5.56 Å². The Hall–Kier alpha value is -1.92. The number of nitrogens with two attached hydrogens (primary N) is 1. The molecule has 1 aromatic rings. The largest absolute Gasteiger partial charge is 0.444 e. The number of benzene rings is 1. The lowest BCUT2D eigenvalue weighted by Crippen LogP contribution is -2.59. The van der Waals surface area contributed by atoms with Crippen LogP contribution in [0.2, 0.25) is 0 Å². The fraction of sp³-hybridized carbons (Fsp3) is 0.579. The molecule has 1 aromatic carbocycles. The van der Waals surface area contributed by atoms with Crippen LogP contribution in [0.25, 0.3) is 0 Å². The van der Waals surface area contributed by atoms with E-state index in [1.54, 1.807) is 27.7 Å². The number of Topliss-reactive ketones (excluding diaryl/α,β-unsaturated/α-hetero) is 1. The number of ketones is 1. The van der Waals surface area contributed by atoms with E-state index in [1.807, 2.05) is 30.3 Å². The first-order chi connectivity index (χ1) is 11.5. The average molecular weight is 350 g/mol. The topological polar surface area (TPSA) is 102 Å². The van der Waals surface area contributed by atoms with Crippen molar-refractivity contribution in [1.82, 2.24) is 5.32 Å². The Morgan fingerprint density at radius 1 is 1.24 bits per heavy atom. The molecule has 1 amide bonds. The van der Waals surface area contributed by atoms with Crippen molar-refractivity contribution in [3.05, 3.63) is 35.9 Å². The van der Waals surface area contributed by atoms with E-state index in [0.29, 0.717) is 0 Å². The highest BCUT2D eigenvalue weighted by molar-refractivity contribution is 5.77. The zero-order valence-electron chi connectivity index (χ0n) is 15.7. The summed E-state index contributed by atoms with van der Waals surface area (Å²) in [5, 5.41) is 12.9. The third kappa shape index (κ3) is 6.48. The second-order valence-electron chi connectivity index (χ2n) is 7.53. The van der Waals surface area contributed by atoms with Crippen LogP contribution >= 0.6 is 0 Å². The molecule has 0 heterocycles. The van der Waals surface area contributed by atoms with Gasteiger partial charge in [-0.1, -0.05) is 30.3 Å². The number of carbonyl (C=O) groups excluding carboxylic acids is 2. The summed E-state index contributed by atoms with van der Waals surface area (Å²) in [5.74, 6) is -0.0932. The van der Waals surface area contributed by atoms with Gasteiger partial charge in [-0.3, -0.25) is 4.79 Å².